The molecule has 0 aliphatic carbocycles. The van der Waals surface area contributed by atoms with E-state index in [-0.39, 0.29) is 0 Å². The van der Waals surface area contributed by atoms with Crippen molar-refractivity contribution < 1.29 is 19.7 Å². The summed E-state index contributed by atoms with van der Waals surface area (Å²) in [5, 5.41) is 26.9. The van der Waals surface area contributed by atoms with Gasteiger partial charge in [0.1, 0.15) is 22.7 Å². The van der Waals surface area contributed by atoms with E-state index in [0.717, 1.165) is 33.0 Å². The van der Waals surface area contributed by atoms with E-state index in [1.54, 1.807) is 28.1 Å². The maximum atomic E-state index is 11.5. The first-order valence-corrected chi connectivity index (χ1v) is 9.87. The molecular weight excluding hydrogens is 376 g/mol. The van der Waals surface area contributed by atoms with E-state index in [0.29, 0.717) is 11.1 Å². The number of fused-ring (bicyclic) bond motifs is 2. The van der Waals surface area contributed by atoms with Gasteiger partial charge in [0.25, 0.3) is 0 Å². The standard InChI is InChI=1S/C26H26O4/c1-25(27,21-9-5-19-15-23(29-3)11-7-17(19)13-21)26(2,28)22-10-6-20-16-24(30-4)12-8-18(20)14-22/h5-16,27-28H,1-4H3. The van der Waals surface area contributed by atoms with Gasteiger partial charge in [0.2, 0.25) is 0 Å². The van der Waals surface area contributed by atoms with Gasteiger partial charge < -0.3 is 19.7 Å². The molecule has 4 aromatic carbocycles. The van der Waals surface area contributed by atoms with E-state index in [1.807, 2.05) is 72.8 Å². The van der Waals surface area contributed by atoms with E-state index in [9.17, 15) is 10.2 Å². The Balaban J connectivity index is 1.76. The Kier molecular flexibility index (Phi) is 4.92. The highest BCUT2D eigenvalue weighted by molar-refractivity contribution is 5.86. The zero-order chi connectivity index (χ0) is 21.5. The van der Waals surface area contributed by atoms with Crippen LogP contribution >= 0.6 is 0 Å². The molecule has 0 radical (unpaired) electrons. The molecule has 0 saturated carbocycles. The molecule has 4 heteroatoms. The van der Waals surface area contributed by atoms with Crippen LogP contribution in [0.25, 0.3) is 21.5 Å². The Morgan fingerprint density at radius 3 is 1.23 bits per heavy atom. The van der Waals surface area contributed by atoms with Crippen LogP contribution in [0.2, 0.25) is 0 Å². The minimum Gasteiger partial charge on any atom is -0.497 e. The van der Waals surface area contributed by atoms with Crippen LogP contribution in [-0.4, -0.2) is 24.4 Å². The zero-order valence-corrected chi connectivity index (χ0v) is 17.6. The maximum absolute atomic E-state index is 11.5. The van der Waals surface area contributed by atoms with Gasteiger partial charge in [-0.1, -0.05) is 36.4 Å². The third-order valence-electron chi connectivity index (χ3n) is 6.17. The predicted octanol–water partition coefficient (Wildman–Crippen LogP) is 5.13. The fourth-order valence-electron chi connectivity index (χ4n) is 3.87. The smallest absolute Gasteiger partial charge is 0.119 e. The molecule has 0 heterocycles. The third kappa shape index (κ3) is 3.28. The highest BCUT2D eigenvalue weighted by Gasteiger charge is 2.44. The van der Waals surface area contributed by atoms with E-state index >= 15 is 0 Å². The predicted molar refractivity (Wildman–Crippen MR) is 120 cm³/mol. The number of aliphatic hydroxyl groups is 2. The summed E-state index contributed by atoms with van der Waals surface area (Å²) < 4.78 is 10.6. The van der Waals surface area contributed by atoms with Gasteiger partial charge in [0.05, 0.1) is 14.2 Å². The molecule has 154 valence electrons. The summed E-state index contributed by atoms with van der Waals surface area (Å²) in [6.45, 7) is 3.30. The summed E-state index contributed by atoms with van der Waals surface area (Å²) in [6.07, 6.45) is 0. The SMILES string of the molecule is COc1ccc2cc(C(C)(O)C(C)(O)c3ccc4cc(OC)ccc4c3)ccc2c1. The first-order chi connectivity index (χ1) is 14.3. The number of benzene rings is 4. The number of hydrogen-bond acceptors (Lipinski definition) is 4. The molecule has 0 aromatic heterocycles. The van der Waals surface area contributed by atoms with Gasteiger partial charge >= 0.3 is 0 Å². The first-order valence-electron chi connectivity index (χ1n) is 9.87. The van der Waals surface area contributed by atoms with Gasteiger partial charge in [-0.25, -0.2) is 0 Å². The molecule has 4 rings (SSSR count). The summed E-state index contributed by atoms with van der Waals surface area (Å²) in [5.74, 6) is 1.56. The first kappa shape index (κ1) is 20.2. The van der Waals surface area contributed by atoms with Crippen molar-refractivity contribution in [1.29, 1.82) is 0 Å². The lowest BCUT2D eigenvalue weighted by atomic mass is 9.75. The topological polar surface area (TPSA) is 58.9 Å². The second-order valence-corrected chi connectivity index (χ2v) is 8.00. The van der Waals surface area contributed by atoms with Gasteiger partial charge in [-0.3, -0.25) is 0 Å². The number of rotatable bonds is 5. The van der Waals surface area contributed by atoms with Crippen LogP contribution in [0.3, 0.4) is 0 Å². The van der Waals surface area contributed by atoms with Crippen molar-refractivity contribution in [1.82, 2.24) is 0 Å². The molecule has 0 bridgehead atoms. The summed E-state index contributed by atoms with van der Waals surface area (Å²) in [6, 6.07) is 23.0. The Bertz CT molecular complexity index is 1130. The second kappa shape index (κ2) is 7.31. The lowest BCUT2D eigenvalue weighted by Gasteiger charge is -2.39. The molecule has 30 heavy (non-hydrogen) atoms. The minimum atomic E-state index is -1.51. The van der Waals surface area contributed by atoms with E-state index < -0.39 is 11.2 Å². The van der Waals surface area contributed by atoms with Crippen molar-refractivity contribution in [2.45, 2.75) is 25.0 Å². The zero-order valence-electron chi connectivity index (χ0n) is 17.6. The van der Waals surface area contributed by atoms with Crippen molar-refractivity contribution in [2.75, 3.05) is 14.2 Å². The summed E-state index contributed by atoms with van der Waals surface area (Å²) >= 11 is 0. The average Bonchev–Trinajstić information content (AvgIpc) is 2.77. The van der Waals surface area contributed by atoms with Crippen LogP contribution in [0.4, 0.5) is 0 Å². The van der Waals surface area contributed by atoms with Crippen molar-refractivity contribution in [3.8, 4) is 11.5 Å². The summed E-state index contributed by atoms with van der Waals surface area (Å²) in [4.78, 5) is 0. The molecule has 4 aromatic rings. The van der Waals surface area contributed by atoms with Crippen molar-refractivity contribution in [2.24, 2.45) is 0 Å². The average molecular weight is 402 g/mol. The van der Waals surface area contributed by atoms with Gasteiger partial charge in [-0.15, -0.1) is 0 Å². The lowest BCUT2D eigenvalue weighted by molar-refractivity contribution is -0.143. The van der Waals surface area contributed by atoms with E-state index in [4.69, 9.17) is 9.47 Å². The van der Waals surface area contributed by atoms with Crippen molar-refractivity contribution in [3.63, 3.8) is 0 Å². The minimum absolute atomic E-state index is 0.639. The number of methoxy groups -OCH3 is 2. The fraction of sp³-hybridized carbons (Fsp3) is 0.231. The van der Waals surface area contributed by atoms with Crippen LogP contribution in [-0.2, 0) is 11.2 Å². The Morgan fingerprint density at radius 1 is 0.533 bits per heavy atom. The third-order valence-corrected chi connectivity index (χ3v) is 6.17. The molecule has 2 atom stereocenters. The Hall–Kier alpha value is -3.08. The van der Waals surface area contributed by atoms with Gasteiger partial charge in [0.15, 0.2) is 0 Å². The van der Waals surface area contributed by atoms with Crippen LogP contribution in [0, 0.1) is 0 Å². The summed E-state index contributed by atoms with van der Waals surface area (Å²) in [5.41, 5.74) is -1.75. The largest absolute Gasteiger partial charge is 0.497 e. The highest BCUT2D eigenvalue weighted by atomic mass is 16.5. The molecule has 4 nitrogen and oxygen atoms in total. The van der Waals surface area contributed by atoms with Gasteiger partial charge in [0, 0.05) is 0 Å². The monoisotopic (exact) mass is 402 g/mol. The highest BCUT2D eigenvalue weighted by Crippen LogP contribution is 2.42. The number of hydrogen-bond donors (Lipinski definition) is 2. The molecular formula is C26H26O4. The van der Waals surface area contributed by atoms with Crippen LogP contribution in [0.1, 0.15) is 25.0 Å². The van der Waals surface area contributed by atoms with Crippen LogP contribution < -0.4 is 9.47 Å². The molecule has 0 saturated heterocycles. The van der Waals surface area contributed by atoms with Gasteiger partial charge in [-0.05, 0) is 82.9 Å². The number of ether oxygens (including phenoxy) is 2. The van der Waals surface area contributed by atoms with E-state index in [2.05, 4.69) is 0 Å². The van der Waals surface area contributed by atoms with Crippen LogP contribution in [0.15, 0.2) is 72.8 Å². The van der Waals surface area contributed by atoms with Crippen LogP contribution in [0.5, 0.6) is 11.5 Å². The summed E-state index contributed by atoms with van der Waals surface area (Å²) in [7, 11) is 3.27. The Labute approximate surface area is 176 Å². The quantitative estimate of drug-likeness (QED) is 0.486. The van der Waals surface area contributed by atoms with Crippen molar-refractivity contribution >= 4 is 21.5 Å². The Morgan fingerprint density at radius 2 is 0.867 bits per heavy atom. The molecule has 0 spiro atoms. The molecule has 2 unspecified atom stereocenters. The van der Waals surface area contributed by atoms with Gasteiger partial charge in [-0.2, -0.15) is 0 Å². The van der Waals surface area contributed by atoms with E-state index in [1.165, 1.54) is 0 Å². The normalized spacial score (nSPS) is 15.5. The maximum Gasteiger partial charge on any atom is 0.119 e. The molecule has 0 aliphatic heterocycles. The van der Waals surface area contributed by atoms with Crippen molar-refractivity contribution in [3.05, 3.63) is 83.9 Å². The molecule has 0 fully saturated rings. The molecule has 2 N–H and O–H groups in total. The fourth-order valence-corrected chi connectivity index (χ4v) is 3.87. The second-order valence-electron chi connectivity index (χ2n) is 8.00. The molecule has 0 aliphatic rings. The lowest BCUT2D eigenvalue weighted by Crippen LogP contribution is -2.45. The molecule has 0 amide bonds.